The summed E-state index contributed by atoms with van der Waals surface area (Å²) in [5.41, 5.74) is -13.6. The van der Waals surface area contributed by atoms with Crippen LogP contribution in [0.5, 0.6) is 0 Å². The van der Waals surface area contributed by atoms with Gasteiger partial charge in [-0.1, -0.05) is 32.0 Å². The first-order valence-electron chi connectivity index (χ1n) is 19.6. The smallest absolute Gasteiger partial charge is 0.481 e. The molecular weight excluding hydrogens is 790 g/mol. The Balaban J connectivity index is 1.73. The van der Waals surface area contributed by atoms with Crippen LogP contribution in [0.15, 0.2) is 41.5 Å². The molecule has 18 nitrogen and oxygen atoms in total. The van der Waals surface area contributed by atoms with E-state index in [1.165, 1.54) is 46.8 Å². The SMILES string of the molecule is COC(=O)O[C@@]12CO[C@@H]1CC(O)[C@@]1(C)C(=O)[C@H](O)C3=C(C)[C@@](C)(OC(=O)[C@H](O)[C@@H](NC(=O)OC(C)(C)C)C(C)(C)C(=O)O)C[C@@](O)([C@@H](OC(=O)c4ccccc4)C12)C3(C)C. The van der Waals surface area contributed by atoms with Gasteiger partial charge in [-0.05, 0) is 78.7 Å². The number of hydrogen-bond acceptors (Lipinski definition) is 16. The second-order valence-electron chi connectivity index (χ2n) is 18.8. The Bertz CT molecular complexity index is 1960. The van der Waals surface area contributed by atoms with Gasteiger partial charge in [-0.2, -0.15) is 0 Å². The van der Waals surface area contributed by atoms with Crippen molar-refractivity contribution in [1.82, 2.24) is 5.32 Å². The van der Waals surface area contributed by atoms with E-state index in [4.69, 9.17) is 28.4 Å². The number of nitrogens with one attached hydrogen (secondary N) is 1. The van der Waals surface area contributed by atoms with Gasteiger partial charge in [0.1, 0.15) is 35.1 Å². The molecule has 5 rings (SSSR count). The molecule has 0 spiro atoms. The van der Waals surface area contributed by atoms with Gasteiger partial charge in [0.15, 0.2) is 17.5 Å². The summed E-state index contributed by atoms with van der Waals surface area (Å²) in [6, 6.07) is 5.76. The lowest BCUT2D eigenvalue weighted by atomic mass is 9.44. The van der Waals surface area contributed by atoms with Crippen molar-refractivity contribution in [3.63, 3.8) is 0 Å². The molecule has 18 heteroatoms. The lowest BCUT2D eigenvalue weighted by molar-refractivity contribution is -0.345. The van der Waals surface area contributed by atoms with E-state index in [9.17, 15) is 49.5 Å². The number of benzene rings is 1. The highest BCUT2D eigenvalue weighted by Gasteiger charge is 2.79. The number of carbonyl (C=O) groups excluding carboxylic acids is 5. The topological polar surface area (TPSA) is 271 Å². The summed E-state index contributed by atoms with van der Waals surface area (Å²) in [6.45, 7) is 13.5. The monoisotopic (exact) mass is 847 g/mol. The minimum atomic E-state index is -2.52. The van der Waals surface area contributed by atoms with Gasteiger partial charge >= 0.3 is 30.2 Å². The highest BCUT2D eigenvalue weighted by atomic mass is 16.8. The molecule has 1 heterocycles. The first kappa shape index (κ1) is 46.4. The fourth-order valence-corrected chi connectivity index (χ4v) is 9.56. The number of Topliss-reactive ketones (excluding diaryl/α,β-unsaturated/α-hetero) is 1. The molecule has 2 saturated carbocycles. The molecule has 2 unspecified atom stereocenters. The summed E-state index contributed by atoms with van der Waals surface area (Å²) in [5, 5.41) is 61.7. The van der Waals surface area contributed by atoms with Crippen LogP contribution in [-0.2, 0) is 42.8 Å². The van der Waals surface area contributed by atoms with E-state index >= 15 is 4.79 Å². The number of aliphatic carboxylic acids is 1. The van der Waals surface area contributed by atoms with Gasteiger partial charge in [-0.3, -0.25) is 9.59 Å². The van der Waals surface area contributed by atoms with E-state index in [1.54, 1.807) is 39.0 Å². The summed E-state index contributed by atoms with van der Waals surface area (Å²) in [7, 11) is 1.04. The number of carboxylic acids is 1. The van der Waals surface area contributed by atoms with Crippen molar-refractivity contribution >= 4 is 35.9 Å². The molecule has 6 N–H and O–H groups in total. The van der Waals surface area contributed by atoms with Crippen LogP contribution >= 0.6 is 0 Å². The van der Waals surface area contributed by atoms with Crippen molar-refractivity contribution < 1.29 is 82.7 Å². The van der Waals surface area contributed by atoms with Crippen LogP contribution < -0.4 is 5.32 Å². The average Bonchev–Trinajstić information content (AvgIpc) is 3.14. The fourth-order valence-electron chi connectivity index (χ4n) is 9.56. The Hall–Kier alpha value is -4.62. The zero-order chi connectivity index (χ0) is 45.3. The molecule has 1 amide bonds. The van der Waals surface area contributed by atoms with Crippen molar-refractivity contribution in [2.45, 2.75) is 141 Å². The predicted octanol–water partition coefficient (Wildman–Crippen LogP) is 2.61. The normalized spacial score (nSPS) is 34.5. The van der Waals surface area contributed by atoms with Gasteiger partial charge in [-0.15, -0.1) is 0 Å². The summed E-state index contributed by atoms with van der Waals surface area (Å²) in [5.74, 6) is -6.68. The number of methoxy groups -OCH3 is 1. The second kappa shape index (κ2) is 15.4. The molecule has 11 atom stereocenters. The molecule has 3 aliphatic carbocycles. The molecule has 3 fully saturated rings. The van der Waals surface area contributed by atoms with Gasteiger partial charge < -0.3 is 59.3 Å². The number of amides is 1. The Kier molecular flexibility index (Phi) is 11.9. The van der Waals surface area contributed by atoms with Crippen LogP contribution in [-0.4, -0.2) is 134 Å². The number of esters is 2. The van der Waals surface area contributed by atoms with E-state index in [0.29, 0.717) is 0 Å². The first-order valence-corrected chi connectivity index (χ1v) is 19.6. The molecule has 2 bridgehead atoms. The number of hydrogen-bond donors (Lipinski definition) is 6. The van der Waals surface area contributed by atoms with Crippen molar-refractivity contribution in [2.75, 3.05) is 13.7 Å². The molecule has 1 aromatic rings. The van der Waals surface area contributed by atoms with E-state index < -0.39 is 130 Å². The molecule has 1 aliphatic heterocycles. The zero-order valence-corrected chi connectivity index (χ0v) is 35.7. The molecule has 60 heavy (non-hydrogen) atoms. The third-order valence-corrected chi connectivity index (χ3v) is 13.3. The molecule has 1 aromatic carbocycles. The Morgan fingerprint density at radius 2 is 1.57 bits per heavy atom. The number of carboxylic acid groups (broad SMARTS) is 1. The highest BCUT2D eigenvalue weighted by molar-refractivity contribution is 5.94. The summed E-state index contributed by atoms with van der Waals surface area (Å²) in [6.07, 6.45) is -12.6. The van der Waals surface area contributed by atoms with Crippen LogP contribution in [0.25, 0.3) is 0 Å². The maximum absolute atomic E-state index is 15.0. The number of aliphatic hydroxyl groups is 4. The van der Waals surface area contributed by atoms with Gasteiger partial charge in [-0.25, -0.2) is 19.2 Å². The predicted molar refractivity (Wildman–Crippen MR) is 206 cm³/mol. The van der Waals surface area contributed by atoms with Crippen LogP contribution in [0.1, 0.15) is 92.4 Å². The van der Waals surface area contributed by atoms with Crippen molar-refractivity contribution in [3.8, 4) is 0 Å². The van der Waals surface area contributed by atoms with Gasteiger partial charge in [0, 0.05) is 18.3 Å². The lowest BCUT2D eigenvalue weighted by Crippen LogP contribution is -2.82. The third-order valence-electron chi connectivity index (χ3n) is 13.3. The maximum Gasteiger partial charge on any atom is 0.508 e. The number of alkyl carbamates (subject to hydrolysis) is 1. The van der Waals surface area contributed by atoms with Crippen LogP contribution in [0.2, 0.25) is 0 Å². The Morgan fingerprint density at radius 1 is 0.967 bits per heavy atom. The quantitative estimate of drug-likeness (QED) is 0.118. The fraction of sp³-hybridized carbons (Fsp3) is 0.667. The van der Waals surface area contributed by atoms with Gasteiger partial charge in [0.25, 0.3) is 0 Å². The third kappa shape index (κ3) is 7.33. The number of fused-ring (bicyclic) bond motifs is 5. The lowest BCUT2D eigenvalue weighted by Gasteiger charge is -2.67. The van der Waals surface area contributed by atoms with Crippen molar-refractivity contribution in [1.29, 1.82) is 0 Å². The van der Waals surface area contributed by atoms with Crippen LogP contribution in [0, 0.1) is 22.2 Å². The van der Waals surface area contributed by atoms with Crippen LogP contribution in [0.4, 0.5) is 9.59 Å². The standard InChI is InChI=1S/C42H57NO17/c1-20-24-25(45)29(47)40(10)22(44)17-23-41(19-56-23,60-35(53)55-11)27(40)30(57-31(48)21-15-13-12-14-16-21)42(54,38(24,7)8)18-39(20,9)58-32(49)26(46)28(37(5,6)33(50)51)43-34(52)59-36(2,3)4/h12-16,22-23,25-28,30,44-46,54H,17-19H2,1-11H3,(H,43,52)(H,50,51)/t22?,23-,25-,26-,27?,28-,30+,39+,40-,41+,42-/m1/s1. The molecule has 0 aromatic heterocycles. The number of ketones is 1. The number of aliphatic hydroxyl groups excluding tert-OH is 3. The molecule has 1 saturated heterocycles. The number of rotatable bonds is 9. The van der Waals surface area contributed by atoms with E-state index in [0.717, 1.165) is 21.0 Å². The van der Waals surface area contributed by atoms with Crippen molar-refractivity contribution in [2.24, 2.45) is 22.2 Å². The Morgan fingerprint density at radius 3 is 2.08 bits per heavy atom. The van der Waals surface area contributed by atoms with Crippen molar-refractivity contribution in [3.05, 3.63) is 47.0 Å². The number of ether oxygens (including phenoxy) is 6. The van der Waals surface area contributed by atoms with E-state index in [1.807, 2.05) is 0 Å². The molecule has 0 radical (unpaired) electrons. The highest BCUT2D eigenvalue weighted by Crippen LogP contribution is 2.65. The van der Waals surface area contributed by atoms with Gasteiger partial charge in [0.2, 0.25) is 0 Å². The molecule has 4 aliphatic rings. The van der Waals surface area contributed by atoms with E-state index in [-0.39, 0.29) is 23.1 Å². The second-order valence-corrected chi connectivity index (χ2v) is 18.8. The summed E-state index contributed by atoms with van der Waals surface area (Å²) in [4.78, 5) is 81.8. The molecule has 332 valence electrons. The zero-order valence-electron chi connectivity index (χ0n) is 35.7. The van der Waals surface area contributed by atoms with E-state index in [2.05, 4.69) is 5.32 Å². The Labute approximate surface area is 347 Å². The van der Waals surface area contributed by atoms with Gasteiger partial charge in [0.05, 0.1) is 48.2 Å². The van der Waals surface area contributed by atoms with Crippen LogP contribution in [0.3, 0.4) is 0 Å². The average molecular weight is 848 g/mol. The number of carbonyl (C=O) groups is 6. The largest absolute Gasteiger partial charge is 0.508 e. The minimum Gasteiger partial charge on any atom is -0.481 e. The first-order chi connectivity index (χ1) is 27.5. The maximum atomic E-state index is 15.0. The summed E-state index contributed by atoms with van der Waals surface area (Å²) >= 11 is 0. The summed E-state index contributed by atoms with van der Waals surface area (Å²) < 4.78 is 34.2. The molecular formula is C42H57NO17. The minimum absolute atomic E-state index is 0.0133.